The zero-order valence-corrected chi connectivity index (χ0v) is 10.4. The largest absolute Gasteiger partial charge is 0.453 e. The maximum Gasteiger partial charge on any atom is 0.409 e. The fourth-order valence-corrected chi connectivity index (χ4v) is 1.95. The van der Waals surface area contributed by atoms with Crippen LogP contribution in [-0.2, 0) is 4.74 Å². The van der Waals surface area contributed by atoms with E-state index in [2.05, 4.69) is 4.74 Å². The van der Waals surface area contributed by atoms with Crippen LogP contribution in [0.25, 0.3) is 0 Å². The molecule has 2 N–H and O–H groups in total. The van der Waals surface area contributed by atoms with Crippen molar-refractivity contribution in [3.05, 3.63) is 0 Å². The molecule has 1 aliphatic heterocycles. The summed E-state index contributed by atoms with van der Waals surface area (Å²) in [6, 6.07) is 0. The summed E-state index contributed by atoms with van der Waals surface area (Å²) in [5, 5.41) is 0. The topological polar surface area (TPSA) is 55.6 Å². The summed E-state index contributed by atoms with van der Waals surface area (Å²) in [6.45, 7) is 1.49. The molecule has 2 unspecified atom stereocenters. The molecule has 0 aromatic rings. The van der Waals surface area contributed by atoms with Crippen LogP contribution < -0.4 is 5.73 Å². The summed E-state index contributed by atoms with van der Waals surface area (Å²) in [6.07, 6.45) is -0.996. The Kier molecular flexibility index (Phi) is 2.63. The van der Waals surface area contributed by atoms with Crippen LogP contribution in [0.5, 0.6) is 0 Å². The van der Waals surface area contributed by atoms with E-state index in [0.29, 0.717) is 4.90 Å². The van der Waals surface area contributed by atoms with Gasteiger partial charge in [0.05, 0.1) is 7.11 Å². The van der Waals surface area contributed by atoms with Crippen LogP contribution >= 0.6 is 0 Å². The number of nitrogens with two attached hydrogens (primary N) is 1. The van der Waals surface area contributed by atoms with E-state index in [4.69, 9.17) is 11.2 Å². The highest BCUT2D eigenvalue weighted by atomic mass is 16.5. The molecule has 0 aromatic heterocycles. The summed E-state index contributed by atoms with van der Waals surface area (Å²) in [4.78, 5) is 12.4. The molecule has 1 fully saturated rings. The lowest BCUT2D eigenvalue weighted by Crippen LogP contribution is -2.49. The molecule has 0 bridgehead atoms. The maximum atomic E-state index is 11.9. The fourth-order valence-electron chi connectivity index (χ4n) is 1.95. The van der Waals surface area contributed by atoms with Gasteiger partial charge in [0.2, 0.25) is 0 Å². The predicted octanol–water partition coefficient (Wildman–Crippen LogP) is 1.70. The minimum absolute atomic E-state index is 0.0000463. The van der Waals surface area contributed by atoms with Gasteiger partial charge in [0.15, 0.2) is 0 Å². The molecule has 0 saturated carbocycles. The Bertz CT molecular complexity index is 382. The minimum atomic E-state index is -2.17. The molecular formula is C12H24N2O2. The average molecular weight is 232 g/mol. The van der Waals surface area contributed by atoms with Crippen LogP contribution in [0.1, 0.15) is 32.7 Å². The number of piperidine rings is 1. The quantitative estimate of drug-likeness (QED) is 0.748. The van der Waals surface area contributed by atoms with E-state index in [1.54, 1.807) is 0 Å². The molecule has 94 valence electrons. The second kappa shape index (κ2) is 5.04. The molecule has 0 spiro atoms. The molecule has 0 aromatic carbocycles. The summed E-state index contributed by atoms with van der Waals surface area (Å²) in [7, 11) is 1.12. The first-order chi connectivity index (χ1) is 8.89. The third-order valence-corrected chi connectivity index (χ3v) is 2.84. The summed E-state index contributed by atoms with van der Waals surface area (Å²) in [5.74, 6) is -0.927. The smallest absolute Gasteiger partial charge is 0.409 e. The second-order valence-electron chi connectivity index (χ2n) is 5.14. The van der Waals surface area contributed by atoms with Crippen LogP contribution in [0.15, 0.2) is 0 Å². The van der Waals surface area contributed by atoms with Gasteiger partial charge in [-0.15, -0.1) is 0 Å². The van der Waals surface area contributed by atoms with E-state index in [0.717, 1.165) is 7.11 Å². The van der Waals surface area contributed by atoms with Crippen LogP contribution in [0.2, 0.25) is 0 Å². The molecule has 0 aliphatic carbocycles. The van der Waals surface area contributed by atoms with Gasteiger partial charge in [0.25, 0.3) is 0 Å². The fraction of sp³-hybridized carbons (Fsp3) is 0.917. The number of rotatable bonds is 1. The second-order valence-corrected chi connectivity index (χ2v) is 5.14. The number of carbonyl (C=O) groups excluding carboxylic acids is 1. The molecule has 4 nitrogen and oxygen atoms in total. The molecule has 1 aliphatic rings. The van der Waals surface area contributed by atoms with Crippen molar-refractivity contribution >= 4 is 6.09 Å². The van der Waals surface area contributed by atoms with Crippen molar-refractivity contribution in [2.24, 2.45) is 23.0 Å². The Morgan fingerprint density at radius 3 is 2.69 bits per heavy atom. The van der Waals surface area contributed by atoms with Crippen molar-refractivity contribution in [3.63, 3.8) is 0 Å². The molecule has 4 heteroatoms. The lowest BCUT2D eigenvalue weighted by molar-refractivity contribution is 0.0428. The van der Waals surface area contributed by atoms with Crippen molar-refractivity contribution < 1.29 is 15.0 Å². The molecule has 1 heterocycles. The van der Waals surface area contributed by atoms with Gasteiger partial charge in [0.1, 0.15) is 0 Å². The van der Waals surface area contributed by atoms with Crippen LogP contribution in [0.4, 0.5) is 4.79 Å². The van der Waals surface area contributed by atoms with Gasteiger partial charge in [-0.1, -0.05) is 20.8 Å². The van der Waals surface area contributed by atoms with Crippen molar-refractivity contribution in [3.8, 4) is 0 Å². The van der Waals surface area contributed by atoms with E-state index < -0.39 is 30.4 Å². The van der Waals surface area contributed by atoms with Crippen molar-refractivity contribution in [1.82, 2.24) is 4.90 Å². The molecule has 0 radical (unpaired) electrons. The number of ether oxygens (including phenoxy) is 1. The van der Waals surface area contributed by atoms with Gasteiger partial charge >= 0.3 is 6.09 Å². The SMILES string of the molecule is [2H]C1([2H])CC(CN)C(C(C)(C)C)C([2H])([2H])N1C(=O)OC. The number of likely N-dealkylation sites (tertiary alicyclic amines) is 1. The van der Waals surface area contributed by atoms with Gasteiger partial charge in [-0.3, -0.25) is 0 Å². The Labute approximate surface area is 104 Å². The van der Waals surface area contributed by atoms with Crippen LogP contribution in [-0.4, -0.2) is 37.6 Å². The minimum Gasteiger partial charge on any atom is -0.453 e. The van der Waals surface area contributed by atoms with Crippen LogP contribution in [0, 0.1) is 17.3 Å². The number of carbonyl (C=O) groups is 1. The first-order valence-corrected chi connectivity index (χ1v) is 5.48. The molecule has 1 saturated heterocycles. The normalized spacial score (nSPS) is 36.7. The van der Waals surface area contributed by atoms with Crippen molar-refractivity contribution in [1.29, 1.82) is 0 Å². The van der Waals surface area contributed by atoms with Crippen molar-refractivity contribution in [2.75, 3.05) is 26.6 Å². The third-order valence-electron chi connectivity index (χ3n) is 2.84. The van der Waals surface area contributed by atoms with Crippen molar-refractivity contribution in [2.45, 2.75) is 27.2 Å². The van der Waals surface area contributed by atoms with E-state index in [1.165, 1.54) is 0 Å². The lowest BCUT2D eigenvalue weighted by Gasteiger charge is -2.44. The van der Waals surface area contributed by atoms with E-state index >= 15 is 0 Å². The molecular weight excluding hydrogens is 204 g/mol. The highest BCUT2D eigenvalue weighted by Crippen LogP contribution is 2.37. The molecule has 1 amide bonds. The van der Waals surface area contributed by atoms with E-state index in [9.17, 15) is 4.79 Å². The standard InChI is InChI=1S/C12H24N2O2/c1-12(2,3)10-8-14(11(15)16-4)6-5-9(10)7-13/h9-10H,5-8,13H2,1-4H3/i6D2,8D2. The van der Waals surface area contributed by atoms with Gasteiger partial charge in [-0.2, -0.15) is 0 Å². The average Bonchev–Trinajstić information content (AvgIpc) is 2.23. The number of hydrogen-bond donors (Lipinski definition) is 1. The zero-order valence-electron chi connectivity index (χ0n) is 14.4. The summed E-state index contributed by atoms with van der Waals surface area (Å²) < 4.78 is 37.2. The summed E-state index contributed by atoms with van der Waals surface area (Å²) >= 11 is 0. The van der Waals surface area contributed by atoms with Crippen LogP contribution in [0.3, 0.4) is 0 Å². The molecule has 2 atom stereocenters. The highest BCUT2D eigenvalue weighted by Gasteiger charge is 2.37. The molecule has 1 rings (SSSR count). The Morgan fingerprint density at radius 1 is 1.62 bits per heavy atom. The number of hydrogen-bond acceptors (Lipinski definition) is 3. The first kappa shape index (κ1) is 8.34. The monoisotopic (exact) mass is 232 g/mol. The summed E-state index contributed by atoms with van der Waals surface area (Å²) in [5.41, 5.74) is 5.26. The Morgan fingerprint density at radius 2 is 2.25 bits per heavy atom. The van der Waals surface area contributed by atoms with Gasteiger partial charge in [-0.25, -0.2) is 4.79 Å². The van der Waals surface area contributed by atoms with E-state index in [-0.39, 0.29) is 18.9 Å². The Hall–Kier alpha value is -0.770. The number of nitrogens with zero attached hydrogens (tertiary/aromatic N) is 1. The predicted molar refractivity (Wildman–Crippen MR) is 64.1 cm³/mol. The van der Waals surface area contributed by atoms with E-state index in [1.807, 2.05) is 20.8 Å². The number of methoxy groups -OCH3 is 1. The zero-order chi connectivity index (χ0) is 15.9. The third kappa shape index (κ3) is 2.88. The molecule has 16 heavy (non-hydrogen) atoms. The Balaban J connectivity index is 3.37. The van der Waals surface area contributed by atoms with Gasteiger partial charge < -0.3 is 15.4 Å². The number of amides is 1. The van der Waals surface area contributed by atoms with Gasteiger partial charge in [-0.05, 0) is 30.2 Å². The van der Waals surface area contributed by atoms with Gasteiger partial charge in [0, 0.05) is 18.5 Å². The lowest BCUT2D eigenvalue weighted by atomic mass is 9.70. The first-order valence-electron chi connectivity index (χ1n) is 7.48. The highest BCUT2D eigenvalue weighted by molar-refractivity contribution is 5.67. The maximum absolute atomic E-state index is 11.9.